The first-order chi connectivity index (χ1) is 15.4. The van der Waals surface area contributed by atoms with Crippen LogP contribution in [0.25, 0.3) is 22.9 Å². The average molecular weight is 430 g/mol. The minimum atomic E-state index is -0.331. The molecule has 160 valence electrons. The van der Waals surface area contributed by atoms with E-state index in [1.165, 1.54) is 30.6 Å². The van der Waals surface area contributed by atoms with Crippen molar-refractivity contribution in [3.05, 3.63) is 66.8 Å². The molecule has 0 radical (unpaired) electrons. The second-order valence-electron chi connectivity index (χ2n) is 6.64. The molecule has 0 amide bonds. The highest BCUT2D eigenvalue weighted by atomic mass is 16.3. The molecule has 0 aliphatic rings. The summed E-state index contributed by atoms with van der Waals surface area (Å²) in [7, 11) is 0. The number of benzene rings is 1. The second-order valence-corrected chi connectivity index (χ2v) is 6.64. The van der Waals surface area contributed by atoms with Crippen LogP contribution < -0.4 is 10.8 Å². The van der Waals surface area contributed by atoms with Crippen molar-refractivity contribution in [1.82, 2.24) is 19.9 Å². The first kappa shape index (κ1) is 20.4. The average Bonchev–Trinajstić information content (AvgIpc) is 3.19. The SMILES string of the molecule is C=Cc1cc(Nc2ncn/c(=N\c3nc(C=C)c(O)cc3O)c3c[nH]cc23)c(O)cc1O. The number of aromatic hydroxyl groups is 4. The van der Waals surface area contributed by atoms with Crippen LogP contribution in [0, 0.1) is 0 Å². The summed E-state index contributed by atoms with van der Waals surface area (Å²) in [5, 5.41) is 44.2. The zero-order chi connectivity index (χ0) is 22.8. The van der Waals surface area contributed by atoms with E-state index in [1.54, 1.807) is 12.4 Å². The summed E-state index contributed by atoms with van der Waals surface area (Å²) in [6.45, 7) is 7.21. The number of hydrogen-bond donors (Lipinski definition) is 6. The molecule has 4 aromatic rings. The molecule has 10 nitrogen and oxygen atoms in total. The lowest BCUT2D eigenvalue weighted by atomic mass is 10.1. The van der Waals surface area contributed by atoms with Crippen LogP contribution in [0.1, 0.15) is 11.3 Å². The number of phenolic OH excluding ortho intramolecular Hbond substituents is 2. The van der Waals surface area contributed by atoms with Crippen molar-refractivity contribution in [3.63, 3.8) is 0 Å². The quantitative estimate of drug-likeness (QED) is 0.207. The van der Waals surface area contributed by atoms with E-state index in [4.69, 9.17) is 0 Å². The molecule has 0 fully saturated rings. The molecular formula is C22H18N6O4. The minimum absolute atomic E-state index is 0.0554. The van der Waals surface area contributed by atoms with Gasteiger partial charge in [-0.05, 0) is 12.1 Å². The van der Waals surface area contributed by atoms with Gasteiger partial charge in [0.2, 0.25) is 0 Å². The number of nitrogens with zero attached hydrogens (tertiary/aromatic N) is 4. The summed E-state index contributed by atoms with van der Waals surface area (Å²) in [5.74, 6) is -0.554. The Labute approximate surface area is 181 Å². The molecule has 6 N–H and O–H groups in total. The van der Waals surface area contributed by atoms with Crippen molar-refractivity contribution in [2.75, 3.05) is 5.32 Å². The van der Waals surface area contributed by atoms with Gasteiger partial charge in [-0.3, -0.25) is 0 Å². The third kappa shape index (κ3) is 3.67. The van der Waals surface area contributed by atoms with Crippen molar-refractivity contribution in [2.24, 2.45) is 4.99 Å². The predicted molar refractivity (Wildman–Crippen MR) is 120 cm³/mol. The summed E-state index contributed by atoms with van der Waals surface area (Å²) < 4.78 is 0. The maximum Gasteiger partial charge on any atom is 0.197 e. The Bertz CT molecular complexity index is 1440. The molecule has 0 spiro atoms. The first-order valence-corrected chi connectivity index (χ1v) is 9.28. The van der Waals surface area contributed by atoms with Gasteiger partial charge in [-0.15, -0.1) is 0 Å². The minimum Gasteiger partial charge on any atom is -0.507 e. The molecule has 10 heteroatoms. The predicted octanol–water partition coefficient (Wildman–Crippen LogP) is 3.44. The molecule has 0 aliphatic carbocycles. The van der Waals surface area contributed by atoms with Crippen LogP contribution in [0.4, 0.5) is 17.3 Å². The summed E-state index contributed by atoms with van der Waals surface area (Å²) in [6, 6.07) is 3.85. The van der Waals surface area contributed by atoms with Gasteiger partial charge in [-0.2, -0.15) is 0 Å². The van der Waals surface area contributed by atoms with Crippen LogP contribution in [0.5, 0.6) is 23.0 Å². The molecule has 32 heavy (non-hydrogen) atoms. The third-order valence-electron chi connectivity index (χ3n) is 4.62. The van der Waals surface area contributed by atoms with Crippen molar-refractivity contribution < 1.29 is 20.4 Å². The fourth-order valence-corrected chi connectivity index (χ4v) is 3.03. The maximum absolute atomic E-state index is 10.2. The number of anilines is 2. The van der Waals surface area contributed by atoms with Gasteiger partial charge in [0.15, 0.2) is 17.1 Å². The summed E-state index contributed by atoms with van der Waals surface area (Å²) in [4.78, 5) is 19.9. The highest BCUT2D eigenvalue weighted by Crippen LogP contribution is 2.35. The molecule has 0 aliphatic heterocycles. The van der Waals surface area contributed by atoms with E-state index in [9.17, 15) is 20.4 Å². The van der Waals surface area contributed by atoms with Crippen LogP contribution in [0.15, 0.2) is 55.1 Å². The van der Waals surface area contributed by atoms with Gasteiger partial charge in [-0.1, -0.05) is 19.2 Å². The second kappa shape index (κ2) is 8.11. The first-order valence-electron chi connectivity index (χ1n) is 9.28. The molecular weight excluding hydrogens is 412 g/mol. The number of phenols is 2. The third-order valence-corrected chi connectivity index (χ3v) is 4.62. The number of H-pyrrole nitrogens is 1. The molecule has 3 aromatic heterocycles. The van der Waals surface area contributed by atoms with Gasteiger partial charge in [0.1, 0.15) is 35.1 Å². The standard InChI is InChI=1S/C22H18N6O4/c1-3-11-5-15(18(31)6-16(11)29)27-20-12-8-23-9-13(12)21(25-10-24-20)28-22-19(32)7-17(30)14(4-2)26-22/h3-10,23,29-32H,1-2H2,(H,24,25,26,27,28). The lowest BCUT2D eigenvalue weighted by Gasteiger charge is -2.09. The highest BCUT2D eigenvalue weighted by Gasteiger charge is 2.12. The van der Waals surface area contributed by atoms with Crippen LogP contribution >= 0.6 is 0 Å². The van der Waals surface area contributed by atoms with Gasteiger partial charge in [0.25, 0.3) is 0 Å². The maximum atomic E-state index is 10.2. The highest BCUT2D eigenvalue weighted by molar-refractivity contribution is 5.92. The number of hydrogen-bond acceptors (Lipinski definition) is 9. The number of rotatable bonds is 5. The fraction of sp³-hybridized carbons (Fsp3) is 0. The lowest BCUT2D eigenvalue weighted by molar-refractivity contribution is 0.446. The van der Waals surface area contributed by atoms with E-state index in [-0.39, 0.29) is 40.0 Å². The lowest BCUT2D eigenvalue weighted by Crippen LogP contribution is -2.04. The Kier molecular flexibility index (Phi) is 5.17. The largest absolute Gasteiger partial charge is 0.507 e. The van der Waals surface area contributed by atoms with Crippen LogP contribution in [-0.2, 0) is 0 Å². The molecule has 4 rings (SSSR count). The van der Waals surface area contributed by atoms with Crippen molar-refractivity contribution >= 4 is 40.2 Å². The Morgan fingerprint density at radius 1 is 0.875 bits per heavy atom. The topological polar surface area (TPSA) is 160 Å². The number of pyridine rings is 1. The Morgan fingerprint density at radius 2 is 1.62 bits per heavy atom. The monoisotopic (exact) mass is 430 g/mol. The van der Waals surface area contributed by atoms with E-state index in [0.717, 1.165) is 6.07 Å². The van der Waals surface area contributed by atoms with E-state index >= 15 is 0 Å². The van der Waals surface area contributed by atoms with Gasteiger partial charge in [-0.25, -0.2) is 19.9 Å². The normalized spacial score (nSPS) is 11.4. The number of fused-ring (bicyclic) bond motifs is 1. The zero-order valence-corrected chi connectivity index (χ0v) is 16.6. The van der Waals surface area contributed by atoms with Crippen molar-refractivity contribution in [1.29, 1.82) is 0 Å². The van der Waals surface area contributed by atoms with Gasteiger partial charge in [0.05, 0.1) is 5.69 Å². The molecule has 3 heterocycles. The molecule has 0 bridgehead atoms. The summed E-state index contributed by atoms with van der Waals surface area (Å²) in [6.07, 6.45) is 7.36. The number of aromatic amines is 1. The van der Waals surface area contributed by atoms with E-state index < -0.39 is 0 Å². The van der Waals surface area contributed by atoms with Crippen LogP contribution in [-0.4, -0.2) is 40.4 Å². The Morgan fingerprint density at radius 3 is 2.38 bits per heavy atom. The van der Waals surface area contributed by atoms with Gasteiger partial charge >= 0.3 is 0 Å². The van der Waals surface area contributed by atoms with Crippen LogP contribution in [0.3, 0.4) is 0 Å². The van der Waals surface area contributed by atoms with E-state index in [1.807, 2.05) is 0 Å². The molecule has 1 aromatic carbocycles. The summed E-state index contributed by atoms with van der Waals surface area (Å²) in [5.41, 5.74) is 1.09. The zero-order valence-electron chi connectivity index (χ0n) is 16.6. The van der Waals surface area contributed by atoms with E-state index in [2.05, 4.69) is 43.4 Å². The fourth-order valence-electron chi connectivity index (χ4n) is 3.03. The molecule has 0 saturated heterocycles. The van der Waals surface area contributed by atoms with Crippen molar-refractivity contribution in [2.45, 2.75) is 0 Å². The molecule has 0 atom stereocenters. The smallest absolute Gasteiger partial charge is 0.197 e. The van der Waals surface area contributed by atoms with Crippen LogP contribution in [0.2, 0.25) is 0 Å². The number of aromatic nitrogens is 4. The Hall–Kier alpha value is -4.86. The molecule has 0 unspecified atom stereocenters. The number of nitrogens with one attached hydrogen (secondary N) is 2. The van der Waals surface area contributed by atoms with Crippen molar-refractivity contribution in [3.8, 4) is 23.0 Å². The summed E-state index contributed by atoms with van der Waals surface area (Å²) >= 11 is 0. The van der Waals surface area contributed by atoms with Gasteiger partial charge < -0.3 is 30.7 Å². The van der Waals surface area contributed by atoms with Gasteiger partial charge in [0, 0.05) is 40.9 Å². The van der Waals surface area contributed by atoms with E-state index in [0.29, 0.717) is 27.8 Å². The Balaban J connectivity index is 1.87. The molecule has 0 saturated carbocycles.